The molecule has 0 aliphatic carbocycles. The lowest BCUT2D eigenvalue weighted by Crippen LogP contribution is -2.27. The fourth-order valence-corrected chi connectivity index (χ4v) is 2.43. The summed E-state index contributed by atoms with van der Waals surface area (Å²) in [4.78, 5) is 26.7. The van der Waals surface area contributed by atoms with E-state index in [1.54, 1.807) is 24.3 Å². The highest BCUT2D eigenvalue weighted by molar-refractivity contribution is 6.06. The van der Waals surface area contributed by atoms with Gasteiger partial charge in [-0.15, -0.1) is 0 Å². The Balaban J connectivity index is 1.97. The molecular formula is C20H25N3O2. The molecular weight excluding hydrogens is 314 g/mol. The minimum atomic E-state index is -0.229. The van der Waals surface area contributed by atoms with E-state index in [-0.39, 0.29) is 11.8 Å². The third-order valence-corrected chi connectivity index (χ3v) is 3.73. The van der Waals surface area contributed by atoms with E-state index in [0.717, 1.165) is 24.2 Å². The third-order valence-electron chi connectivity index (χ3n) is 3.73. The summed E-state index contributed by atoms with van der Waals surface area (Å²) in [7, 11) is 4.00. The number of carbonyl (C=O) groups excluding carboxylic acids is 2. The van der Waals surface area contributed by atoms with Gasteiger partial charge in [-0.05, 0) is 69.9 Å². The normalized spacial score (nSPS) is 10.6. The van der Waals surface area contributed by atoms with Gasteiger partial charge in [0, 0.05) is 23.4 Å². The number of anilines is 1. The van der Waals surface area contributed by atoms with Crippen molar-refractivity contribution in [1.29, 1.82) is 0 Å². The Morgan fingerprint density at radius 2 is 1.64 bits per heavy atom. The summed E-state index contributed by atoms with van der Waals surface area (Å²) in [5, 5.41) is 5.73. The van der Waals surface area contributed by atoms with E-state index in [9.17, 15) is 9.59 Å². The summed E-state index contributed by atoms with van der Waals surface area (Å²) in [5.41, 5.74) is 2.76. The lowest BCUT2D eigenvalue weighted by molar-refractivity contribution is 0.0952. The minimum Gasteiger partial charge on any atom is -0.352 e. The van der Waals surface area contributed by atoms with Crippen molar-refractivity contribution in [3.05, 3.63) is 65.2 Å². The summed E-state index contributed by atoms with van der Waals surface area (Å²) < 4.78 is 0. The van der Waals surface area contributed by atoms with E-state index in [1.165, 1.54) is 0 Å². The minimum absolute atomic E-state index is 0.163. The molecule has 0 saturated heterocycles. The molecule has 0 bridgehead atoms. The maximum absolute atomic E-state index is 12.4. The second-order valence-electron chi connectivity index (χ2n) is 6.32. The zero-order chi connectivity index (χ0) is 18.2. The quantitative estimate of drug-likeness (QED) is 0.763. The van der Waals surface area contributed by atoms with Gasteiger partial charge in [0.15, 0.2) is 0 Å². The maximum atomic E-state index is 12.4. The predicted octanol–water partition coefficient (Wildman–Crippen LogP) is 2.93. The van der Waals surface area contributed by atoms with Crippen molar-refractivity contribution in [3.63, 3.8) is 0 Å². The fraction of sp³-hybridized carbons (Fsp3) is 0.300. The molecule has 0 atom stereocenters. The summed E-state index contributed by atoms with van der Waals surface area (Å²) in [5.74, 6) is -0.392. The number of hydrogen-bond acceptors (Lipinski definition) is 3. The van der Waals surface area contributed by atoms with Crippen molar-refractivity contribution >= 4 is 17.5 Å². The smallest absolute Gasteiger partial charge is 0.255 e. The largest absolute Gasteiger partial charge is 0.352 e. The van der Waals surface area contributed by atoms with E-state index in [1.807, 2.05) is 45.3 Å². The van der Waals surface area contributed by atoms with Gasteiger partial charge in [-0.1, -0.05) is 18.2 Å². The first kappa shape index (κ1) is 18.7. The number of amides is 2. The Bertz CT molecular complexity index is 741. The average Bonchev–Trinajstić information content (AvgIpc) is 2.58. The molecule has 0 fully saturated rings. The Morgan fingerprint density at radius 1 is 0.960 bits per heavy atom. The lowest BCUT2D eigenvalue weighted by atomic mass is 10.1. The number of nitrogens with zero attached hydrogens (tertiary/aromatic N) is 1. The van der Waals surface area contributed by atoms with E-state index in [0.29, 0.717) is 17.7 Å². The van der Waals surface area contributed by atoms with E-state index in [4.69, 9.17) is 0 Å². The van der Waals surface area contributed by atoms with Crippen LogP contribution in [-0.4, -0.2) is 43.9 Å². The van der Waals surface area contributed by atoms with Crippen molar-refractivity contribution in [2.75, 3.05) is 32.5 Å². The molecule has 2 rings (SSSR count). The van der Waals surface area contributed by atoms with Crippen molar-refractivity contribution in [3.8, 4) is 0 Å². The zero-order valence-electron chi connectivity index (χ0n) is 15.0. The van der Waals surface area contributed by atoms with Crippen LogP contribution < -0.4 is 10.6 Å². The average molecular weight is 339 g/mol. The monoisotopic (exact) mass is 339 g/mol. The number of aryl methyl sites for hydroxylation is 1. The molecule has 2 aromatic carbocycles. The summed E-state index contributed by atoms with van der Waals surface area (Å²) in [6.07, 6.45) is 0.881. The van der Waals surface area contributed by atoms with Crippen LogP contribution in [0.5, 0.6) is 0 Å². The second-order valence-corrected chi connectivity index (χ2v) is 6.32. The van der Waals surface area contributed by atoms with Crippen LogP contribution >= 0.6 is 0 Å². The van der Waals surface area contributed by atoms with Crippen LogP contribution in [-0.2, 0) is 0 Å². The van der Waals surface area contributed by atoms with Crippen molar-refractivity contribution in [2.24, 2.45) is 0 Å². The highest BCUT2D eigenvalue weighted by Gasteiger charge is 2.10. The zero-order valence-corrected chi connectivity index (χ0v) is 15.0. The molecule has 0 spiro atoms. The molecule has 0 unspecified atom stereocenters. The topological polar surface area (TPSA) is 61.4 Å². The van der Waals surface area contributed by atoms with Gasteiger partial charge in [-0.3, -0.25) is 9.59 Å². The first-order valence-electron chi connectivity index (χ1n) is 8.37. The van der Waals surface area contributed by atoms with E-state index in [2.05, 4.69) is 15.5 Å². The lowest BCUT2D eigenvalue weighted by Gasteiger charge is -2.10. The fourth-order valence-electron chi connectivity index (χ4n) is 2.43. The molecule has 0 heterocycles. The van der Waals surface area contributed by atoms with E-state index < -0.39 is 0 Å². The van der Waals surface area contributed by atoms with Crippen LogP contribution in [0.15, 0.2) is 48.5 Å². The van der Waals surface area contributed by atoms with Gasteiger partial charge in [0.1, 0.15) is 0 Å². The van der Waals surface area contributed by atoms with E-state index >= 15 is 0 Å². The SMILES string of the molecule is Cc1cccc(NC(=O)c2cccc(C(=O)NCCCN(C)C)c2)c1. The first-order valence-corrected chi connectivity index (χ1v) is 8.37. The van der Waals surface area contributed by atoms with Crippen molar-refractivity contribution < 1.29 is 9.59 Å². The van der Waals surface area contributed by atoms with Crippen LogP contribution in [0.4, 0.5) is 5.69 Å². The maximum Gasteiger partial charge on any atom is 0.255 e. The number of rotatable bonds is 7. The first-order chi connectivity index (χ1) is 12.0. The molecule has 0 saturated carbocycles. The Morgan fingerprint density at radius 3 is 2.32 bits per heavy atom. The molecule has 132 valence electrons. The number of nitrogens with one attached hydrogen (secondary N) is 2. The van der Waals surface area contributed by atoms with Gasteiger partial charge >= 0.3 is 0 Å². The number of benzene rings is 2. The summed E-state index contributed by atoms with van der Waals surface area (Å²) >= 11 is 0. The summed E-state index contributed by atoms with van der Waals surface area (Å²) in [6.45, 7) is 3.49. The Hall–Kier alpha value is -2.66. The molecule has 0 aliphatic heterocycles. The molecule has 0 radical (unpaired) electrons. The van der Waals surface area contributed by atoms with Gasteiger partial charge < -0.3 is 15.5 Å². The predicted molar refractivity (Wildman–Crippen MR) is 101 cm³/mol. The van der Waals surface area contributed by atoms with Gasteiger partial charge in [-0.2, -0.15) is 0 Å². The van der Waals surface area contributed by atoms with Gasteiger partial charge in [-0.25, -0.2) is 0 Å². The summed E-state index contributed by atoms with van der Waals surface area (Å²) in [6, 6.07) is 14.4. The molecule has 2 aromatic rings. The van der Waals surface area contributed by atoms with Gasteiger partial charge in [0.2, 0.25) is 0 Å². The Labute approximate surface area is 149 Å². The second kappa shape index (κ2) is 8.99. The molecule has 5 nitrogen and oxygen atoms in total. The molecule has 2 N–H and O–H groups in total. The number of hydrogen-bond donors (Lipinski definition) is 2. The van der Waals surface area contributed by atoms with Gasteiger partial charge in [0.05, 0.1) is 0 Å². The standard InChI is InChI=1S/C20H25N3O2/c1-15-7-4-10-18(13-15)22-20(25)17-9-5-8-16(14-17)19(24)21-11-6-12-23(2)3/h4-5,7-10,13-14H,6,11-12H2,1-3H3,(H,21,24)(H,22,25). The highest BCUT2D eigenvalue weighted by atomic mass is 16.2. The van der Waals surface area contributed by atoms with Gasteiger partial charge in [0.25, 0.3) is 11.8 Å². The van der Waals surface area contributed by atoms with Crippen LogP contribution in [0.2, 0.25) is 0 Å². The van der Waals surface area contributed by atoms with Crippen LogP contribution in [0, 0.1) is 6.92 Å². The van der Waals surface area contributed by atoms with Crippen LogP contribution in [0.1, 0.15) is 32.7 Å². The third kappa shape index (κ3) is 6.04. The molecule has 0 aromatic heterocycles. The molecule has 25 heavy (non-hydrogen) atoms. The molecule has 0 aliphatic rings. The Kier molecular flexibility index (Phi) is 6.71. The van der Waals surface area contributed by atoms with Crippen molar-refractivity contribution in [2.45, 2.75) is 13.3 Å². The van der Waals surface area contributed by atoms with Crippen LogP contribution in [0.25, 0.3) is 0 Å². The molecule has 2 amide bonds. The van der Waals surface area contributed by atoms with Crippen molar-refractivity contribution in [1.82, 2.24) is 10.2 Å². The van der Waals surface area contributed by atoms with Crippen LogP contribution in [0.3, 0.4) is 0 Å². The highest BCUT2D eigenvalue weighted by Crippen LogP contribution is 2.12. The number of carbonyl (C=O) groups is 2. The molecule has 5 heteroatoms.